The van der Waals surface area contributed by atoms with Crippen LogP contribution in [0.15, 0.2) is 48.5 Å². The van der Waals surface area contributed by atoms with Gasteiger partial charge in [0.2, 0.25) is 5.91 Å². The predicted octanol–water partition coefficient (Wildman–Crippen LogP) is 4.55. The van der Waals surface area contributed by atoms with Crippen LogP contribution in [0.4, 0.5) is 11.4 Å². The number of carbonyl (C=O) groups excluding carboxylic acids is 1. The van der Waals surface area contributed by atoms with Crippen LogP contribution in [0.1, 0.15) is 24.8 Å². The molecule has 0 spiro atoms. The predicted molar refractivity (Wildman–Crippen MR) is 119 cm³/mol. The van der Waals surface area contributed by atoms with Gasteiger partial charge in [-0.3, -0.25) is 14.5 Å². The number of hydrogen-bond donors (Lipinski definition) is 2. The molecule has 1 fully saturated rings. The van der Waals surface area contributed by atoms with Gasteiger partial charge in [0.15, 0.2) is 10.6 Å². The largest absolute Gasteiger partial charge is 0.371 e. The Hall–Kier alpha value is -2.93. The lowest BCUT2D eigenvalue weighted by Gasteiger charge is -2.18. The molecule has 4 rings (SSSR count). The summed E-state index contributed by atoms with van der Waals surface area (Å²) in [6, 6.07) is 16.2. The van der Waals surface area contributed by atoms with Gasteiger partial charge < -0.3 is 10.2 Å². The van der Waals surface area contributed by atoms with Gasteiger partial charge in [-0.15, -0.1) is 0 Å². The highest BCUT2D eigenvalue weighted by atomic mass is 32.1. The summed E-state index contributed by atoms with van der Waals surface area (Å²) in [7, 11) is 0. The maximum atomic E-state index is 12.5. The molecular formula is C22H25N5OS. The summed E-state index contributed by atoms with van der Waals surface area (Å²) >= 11 is 5.37. The number of aromatic amines is 1. The first-order valence-electron chi connectivity index (χ1n) is 9.97. The van der Waals surface area contributed by atoms with E-state index in [9.17, 15) is 4.79 Å². The summed E-state index contributed by atoms with van der Waals surface area (Å²) in [5, 5.41) is 10.2. The van der Waals surface area contributed by atoms with E-state index >= 15 is 0 Å². The van der Waals surface area contributed by atoms with Gasteiger partial charge in [-0.25, -0.2) is 0 Å². The van der Waals surface area contributed by atoms with E-state index in [4.69, 9.17) is 12.2 Å². The molecule has 7 heteroatoms. The molecule has 0 saturated carbocycles. The lowest BCUT2D eigenvalue weighted by Crippen LogP contribution is -2.18. The Balaban J connectivity index is 1.42. The summed E-state index contributed by atoms with van der Waals surface area (Å²) in [5.41, 5.74) is 4.15. The molecule has 29 heavy (non-hydrogen) atoms. The van der Waals surface area contributed by atoms with Crippen molar-refractivity contribution in [2.24, 2.45) is 0 Å². The summed E-state index contributed by atoms with van der Waals surface area (Å²) < 4.78 is 2.39. The van der Waals surface area contributed by atoms with Crippen LogP contribution in [-0.4, -0.2) is 33.8 Å². The molecule has 2 heterocycles. The van der Waals surface area contributed by atoms with Crippen LogP contribution < -0.4 is 10.2 Å². The van der Waals surface area contributed by atoms with Crippen molar-refractivity contribution in [1.29, 1.82) is 0 Å². The summed E-state index contributed by atoms with van der Waals surface area (Å²) in [6.07, 6.45) is 2.77. The first kappa shape index (κ1) is 19.4. The number of aryl methyl sites for hydroxylation is 1. The number of amides is 1. The van der Waals surface area contributed by atoms with E-state index in [0.29, 0.717) is 17.7 Å². The van der Waals surface area contributed by atoms with Crippen molar-refractivity contribution in [1.82, 2.24) is 14.8 Å². The van der Waals surface area contributed by atoms with Gasteiger partial charge in [0.05, 0.1) is 0 Å². The van der Waals surface area contributed by atoms with Gasteiger partial charge >= 0.3 is 0 Å². The maximum Gasteiger partial charge on any atom is 0.226 e. The van der Waals surface area contributed by atoms with E-state index in [1.54, 1.807) is 0 Å². The number of anilines is 2. The molecule has 6 nitrogen and oxygen atoms in total. The molecule has 1 amide bonds. The summed E-state index contributed by atoms with van der Waals surface area (Å²) in [4.78, 5) is 14.9. The lowest BCUT2D eigenvalue weighted by molar-refractivity contribution is -0.116. The Morgan fingerprint density at radius 3 is 2.69 bits per heavy atom. The zero-order valence-corrected chi connectivity index (χ0v) is 17.3. The first-order valence-corrected chi connectivity index (χ1v) is 10.4. The Kier molecular flexibility index (Phi) is 5.76. The van der Waals surface area contributed by atoms with Gasteiger partial charge in [-0.1, -0.05) is 35.9 Å². The van der Waals surface area contributed by atoms with Crippen LogP contribution in [0.25, 0.3) is 11.4 Å². The van der Waals surface area contributed by atoms with Crippen LogP contribution in [-0.2, 0) is 11.3 Å². The molecule has 1 aromatic heterocycles. The van der Waals surface area contributed by atoms with Crippen LogP contribution in [0.2, 0.25) is 0 Å². The third-order valence-corrected chi connectivity index (χ3v) is 5.54. The zero-order valence-electron chi connectivity index (χ0n) is 16.5. The smallest absolute Gasteiger partial charge is 0.226 e. The zero-order chi connectivity index (χ0) is 20.2. The number of nitrogens with one attached hydrogen (secondary N) is 2. The molecule has 1 aliphatic rings. The molecule has 1 saturated heterocycles. The molecule has 3 aromatic rings. The van der Waals surface area contributed by atoms with Crippen molar-refractivity contribution in [2.45, 2.75) is 32.7 Å². The summed E-state index contributed by atoms with van der Waals surface area (Å²) in [6.45, 7) is 4.68. The van der Waals surface area contributed by atoms with E-state index in [0.717, 1.165) is 30.2 Å². The maximum absolute atomic E-state index is 12.5. The second-order valence-electron chi connectivity index (χ2n) is 7.41. The van der Waals surface area contributed by atoms with Crippen LogP contribution in [0.5, 0.6) is 0 Å². The fourth-order valence-electron chi connectivity index (χ4n) is 3.64. The highest BCUT2D eigenvalue weighted by Crippen LogP contribution is 2.23. The average Bonchev–Trinajstić information content (AvgIpc) is 3.38. The fourth-order valence-corrected chi connectivity index (χ4v) is 3.86. The first-order chi connectivity index (χ1) is 14.1. The second-order valence-corrected chi connectivity index (χ2v) is 7.80. The van der Waals surface area contributed by atoms with E-state index in [-0.39, 0.29) is 5.91 Å². The van der Waals surface area contributed by atoms with Gasteiger partial charge in [0, 0.05) is 43.0 Å². The van der Waals surface area contributed by atoms with Crippen LogP contribution in [0, 0.1) is 11.7 Å². The molecule has 2 N–H and O–H groups in total. The number of H-pyrrole nitrogens is 1. The van der Waals surface area contributed by atoms with Crippen molar-refractivity contribution in [3.05, 3.63) is 58.9 Å². The molecule has 0 radical (unpaired) electrons. The number of benzene rings is 2. The van der Waals surface area contributed by atoms with E-state index in [1.807, 2.05) is 54.0 Å². The Morgan fingerprint density at radius 1 is 1.17 bits per heavy atom. The third-order valence-electron chi connectivity index (χ3n) is 5.23. The van der Waals surface area contributed by atoms with E-state index in [1.165, 1.54) is 24.1 Å². The van der Waals surface area contributed by atoms with Crippen molar-refractivity contribution in [3.63, 3.8) is 0 Å². The standard InChI is InChI=1S/C22H25N5OS/c1-16-7-9-17(10-8-16)21-24-25-22(29)27(21)14-11-20(28)23-18-5-4-6-19(15-18)26-12-2-3-13-26/h4-10,15H,2-3,11-14H2,1H3,(H,23,28)(H,25,29). The minimum absolute atomic E-state index is 0.0403. The monoisotopic (exact) mass is 407 g/mol. The van der Waals surface area contributed by atoms with Gasteiger partial charge in [0.25, 0.3) is 0 Å². The molecule has 1 aliphatic heterocycles. The number of aromatic nitrogens is 3. The topological polar surface area (TPSA) is 66.0 Å². The molecule has 0 aliphatic carbocycles. The lowest BCUT2D eigenvalue weighted by atomic mass is 10.1. The number of hydrogen-bond acceptors (Lipinski definition) is 4. The minimum Gasteiger partial charge on any atom is -0.371 e. The van der Waals surface area contributed by atoms with E-state index in [2.05, 4.69) is 26.5 Å². The number of rotatable bonds is 6. The van der Waals surface area contributed by atoms with Gasteiger partial charge in [-0.05, 0) is 50.2 Å². The van der Waals surface area contributed by atoms with Gasteiger partial charge in [-0.2, -0.15) is 5.10 Å². The quantitative estimate of drug-likeness (QED) is 0.589. The highest BCUT2D eigenvalue weighted by molar-refractivity contribution is 7.71. The number of carbonyl (C=O) groups is 1. The van der Waals surface area contributed by atoms with Crippen LogP contribution >= 0.6 is 12.2 Å². The van der Waals surface area contributed by atoms with Crippen LogP contribution in [0.3, 0.4) is 0 Å². The van der Waals surface area contributed by atoms with Gasteiger partial charge in [0.1, 0.15) is 0 Å². The number of nitrogens with zero attached hydrogens (tertiary/aromatic N) is 3. The normalized spacial score (nSPS) is 13.6. The molecular weight excluding hydrogens is 382 g/mol. The van der Waals surface area contributed by atoms with Crippen molar-refractivity contribution in [2.75, 3.05) is 23.3 Å². The second kappa shape index (κ2) is 8.61. The Morgan fingerprint density at radius 2 is 1.93 bits per heavy atom. The fraction of sp³-hybridized carbons (Fsp3) is 0.318. The SMILES string of the molecule is Cc1ccc(-c2n[nH]c(=S)n2CCC(=O)Nc2cccc(N3CCCC3)c2)cc1. The average molecular weight is 408 g/mol. The molecule has 0 unspecified atom stereocenters. The molecule has 0 atom stereocenters. The Labute approximate surface area is 175 Å². The highest BCUT2D eigenvalue weighted by Gasteiger charge is 2.14. The summed E-state index contributed by atoms with van der Waals surface area (Å²) in [5.74, 6) is 0.709. The third kappa shape index (κ3) is 4.56. The van der Waals surface area contributed by atoms with Crippen molar-refractivity contribution < 1.29 is 4.79 Å². The van der Waals surface area contributed by atoms with Crippen molar-refractivity contribution in [3.8, 4) is 11.4 Å². The van der Waals surface area contributed by atoms with Crippen molar-refractivity contribution >= 4 is 29.5 Å². The molecule has 150 valence electrons. The Bertz CT molecular complexity index is 1050. The molecule has 2 aromatic carbocycles. The molecule has 0 bridgehead atoms. The minimum atomic E-state index is -0.0403. The van der Waals surface area contributed by atoms with E-state index < -0.39 is 0 Å².